The molecule has 0 bridgehead atoms. The second-order valence-corrected chi connectivity index (χ2v) is 5.35. The van der Waals surface area contributed by atoms with E-state index in [2.05, 4.69) is 25.8 Å². The summed E-state index contributed by atoms with van der Waals surface area (Å²) >= 11 is 0. The minimum absolute atomic E-state index is 0.197. The lowest BCUT2D eigenvalue weighted by Crippen LogP contribution is -2.29. The van der Waals surface area contributed by atoms with Crippen LogP contribution >= 0.6 is 0 Å². The van der Waals surface area contributed by atoms with Crippen LogP contribution in [0.2, 0.25) is 0 Å². The molecule has 1 unspecified atom stereocenters. The summed E-state index contributed by atoms with van der Waals surface area (Å²) in [4.78, 5) is 15.9. The topological polar surface area (TPSA) is 111 Å². The van der Waals surface area contributed by atoms with Crippen LogP contribution in [0.3, 0.4) is 0 Å². The Morgan fingerprint density at radius 1 is 1.33 bits per heavy atom. The standard InChI is InChI=1S/C15H13N7O2/c1-9-12(14(23)24)13(22-15(17-9)18-19-20-22)10-4-2-3-5-11(10)21-7-6-16-8-21/h2-8,13H,1H3,(H,23,24)(H,17,18,20). The predicted octanol–water partition coefficient (Wildman–Crippen LogP) is 1.23. The number of anilines is 1. The van der Waals surface area contributed by atoms with Crippen molar-refractivity contribution in [3.8, 4) is 5.69 Å². The number of rotatable bonds is 3. The number of imidazole rings is 1. The van der Waals surface area contributed by atoms with Crippen LogP contribution in [0.15, 0.2) is 54.3 Å². The molecule has 0 aliphatic carbocycles. The first kappa shape index (κ1) is 14.1. The number of hydrogen-bond acceptors (Lipinski definition) is 6. The van der Waals surface area contributed by atoms with Gasteiger partial charge in [0.05, 0.1) is 17.6 Å². The van der Waals surface area contributed by atoms with Crippen LogP contribution in [-0.4, -0.2) is 40.8 Å². The Labute approximate surface area is 136 Å². The first-order chi connectivity index (χ1) is 11.7. The molecule has 2 N–H and O–H groups in total. The molecule has 1 aliphatic rings. The lowest BCUT2D eigenvalue weighted by atomic mass is 9.94. The van der Waals surface area contributed by atoms with E-state index in [4.69, 9.17) is 0 Å². The molecule has 0 saturated carbocycles. The minimum Gasteiger partial charge on any atom is -0.478 e. The molecule has 1 aliphatic heterocycles. The van der Waals surface area contributed by atoms with Gasteiger partial charge in [-0.05, 0) is 23.4 Å². The summed E-state index contributed by atoms with van der Waals surface area (Å²) in [5.74, 6) is -0.616. The molecule has 120 valence electrons. The van der Waals surface area contributed by atoms with E-state index >= 15 is 0 Å². The number of nitrogens with zero attached hydrogens (tertiary/aromatic N) is 6. The van der Waals surface area contributed by atoms with Gasteiger partial charge in [-0.15, -0.1) is 0 Å². The number of carboxylic acids is 1. The highest BCUT2D eigenvalue weighted by Gasteiger charge is 2.35. The quantitative estimate of drug-likeness (QED) is 0.745. The number of carbonyl (C=O) groups is 1. The molecular weight excluding hydrogens is 310 g/mol. The average molecular weight is 323 g/mol. The van der Waals surface area contributed by atoms with Gasteiger partial charge in [0.1, 0.15) is 6.04 Å². The van der Waals surface area contributed by atoms with Crippen molar-refractivity contribution in [1.82, 2.24) is 29.8 Å². The van der Waals surface area contributed by atoms with E-state index in [1.807, 2.05) is 28.8 Å². The monoisotopic (exact) mass is 323 g/mol. The lowest BCUT2D eigenvalue weighted by Gasteiger charge is -2.27. The van der Waals surface area contributed by atoms with Gasteiger partial charge in [-0.25, -0.2) is 9.78 Å². The summed E-state index contributed by atoms with van der Waals surface area (Å²) in [6.07, 6.45) is 5.13. The molecule has 24 heavy (non-hydrogen) atoms. The van der Waals surface area contributed by atoms with Crippen molar-refractivity contribution in [3.63, 3.8) is 0 Å². The Balaban J connectivity index is 1.97. The van der Waals surface area contributed by atoms with Gasteiger partial charge < -0.3 is 15.0 Å². The fraction of sp³-hybridized carbons (Fsp3) is 0.133. The number of hydrogen-bond donors (Lipinski definition) is 2. The van der Waals surface area contributed by atoms with Crippen molar-refractivity contribution in [2.75, 3.05) is 5.32 Å². The second kappa shape index (κ2) is 5.30. The lowest BCUT2D eigenvalue weighted by molar-refractivity contribution is -0.133. The first-order valence-electron chi connectivity index (χ1n) is 7.23. The highest BCUT2D eigenvalue weighted by atomic mass is 16.4. The van der Waals surface area contributed by atoms with Gasteiger partial charge in [0.15, 0.2) is 0 Å². The number of fused-ring (bicyclic) bond motifs is 1. The van der Waals surface area contributed by atoms with Crippen molar-refractivity contribution in [2.45, 2.75) is 13.0 Å². The van der Waals surface area contributed by atoms with Crippen LogP contribution in [0.5, 0.6) is 0 Å². The number of carboxylic acid groups (broad SMARTS) is 1. The molecule has 0 saturated heterocycles. The van der Waals surface area contributed by atoms with E-state index in [1.54, 1.807) is 25.6 Å². The van der Waals surface area contributed by atoms with E-state index in [1.165, 1.54) is 4.68 Å². The zero-order valence-corrected chi connectivity index (χ0v) is 12.7. The highest BCUT2D eigenvalue weighted by Crippen LogP contribution is 2.36. The predicted molar refractivity (Wildman–Crippen MR) is 83.5 cm³/mol. The summed E-state index contributed by atoms with van der Waals surface area (Å²) in [6, 6.07) is 6.87. The minimum atomic E-state index is -1.02. The molecule has 2 aromatic heterocycles. The molecule has 0 amide bonds. The van der Waals surface area contributed by atoms with Crippen LogP contribution < -0.4 is 5.32 Å². The Kier molecular flexibility index (Phi) is 3.12. The molecule has 1 atom stereocenters. The van der Waals surface area contributed by atoms with E-state index in [0.717, 1.165) is 11.3 Å². The SMILES string of the molecule is CC1=C(C(=O)O)C(c2ccccc2-n2ccnc2)n2nnnc2N1. The number of benzene rings is 1. The Bertz CT molecular complexity index is 942. The number of para-hydroxylation sites is 1. The number of aromatic nitrogens is 6. The Morgan fingerprint density at radius 3 is 2.92 bits per heavy atom. The van der Waals surface area contributed by atoms with Crippen LogP contribution in [0, 0.1) is 0 Å². The summed E-state index contributed by atoms with van der Waals surface area (Å²) in [5, 5.41) is 24.2. The summed E-state index contributed by atoms with van der Waals surface area (Å²) in [7, 11) is 0. The number of allylic oxidation sites excluding steroid dienone is 1. The van der Waals surface area contributed by atoms with Crippen molar-refractivity contribution in [2.24, 2.45) is 0 Å². The van der Waals surface area contributed by atoms with Gasteiger partial charge in [0.2, 0.25) is 5.95 Å². The van der Waals surface area contributed by atoms with Gasteiger partial charge in [0.25, 0.3) is 0 Å². The van der Waals surface area contributed by atoms with Gasteiger partial charge >= 0.3 is 5.97 Å². The van der Waals surface area contributed by atoms with Crippen LogP contribution in [-0.2, 0) is 4.79 Å². The van der Waals surface area contributed by atoms with Crippen LogP contribution in [0.25, 0.3) is 5.69 Å². The average Bonchev–Trinajstić information content (AvgIpc) is 3.24. The van der Waals surface area contributed by atoms with Gasteiger partial charge in [-0.3, -0.25) is 0 Å². The normalized spacial score (nSPS) is 16.6. The van der Waals surface area contributed by atoms with E-state index in [9.17, 15) is 9.90 Å². The van der Waals surface area contributed by atoms with Crippen molar-refractivity contribution in [1.29, 1.82) is 0 Å². The molecule has 3 heterocycles. The van der Waals surface area contributed by atoms with Gasteiger partial charge in [-0.2, -0.15) is 4.68 Å². The smallest absolute Gasteiger partial charge is 0.335 e. The molecule has 3 aromatic rings. The first-order valence-corrected chi connectivity index (χ1v) is 7.23. The molecule has 0 spiro atoms. The maximum absolute atomic E-state index is 11.9. The van der Waals surface area contributed by atoms with Gasteiger partial charge in [0, 0.05) is 23.7 Å². The number of aliphatic carboxylic acids is 1. The second-order valence-electron chi connectivity index (χ2n) is 5.35. The zero-order chi connectivity index (χ0) is 16.7. The Morgan fingerprint density at radius 2 is 2.17 bits per heavy atom. The highest BCUT2D eigenvalue weighted by molar-refractivity contribution is 5.91. The fourth-order valence-corrected chi connectivity index (χ4v) is 2.93. The van der Waals surface area contributed by atoms with Crippen molar-refractivity contribution in [3.05, 3.63) is 59.8 Å². The molecule has 0 fully saturated rings. The third kappa shape index (κ3) is 2.06. The molecule has 1 aromatic carbocycles. The zero-order valence-electron chi connectivity index (χ0n) is 12.7. The molecule has 9 heteroatoms. The molecule has 4 rings (SSSR count). The summed E-state index contributed by atoms with van der Waals surface area (Å²) < 4.78 is 3.31. The van der Waals surface area contributed by atoms with Crippen LogP contribution in [0.1, 0.15) is 18.5 Å². The van der Waals surface area contributed by atoms with E-state index < -0.39 is 12.0 Å². The molecule has 0 radical (unpaired) electrons. The van der Waals surface area contributed by atoms with E-state index in [-0.39, 0.29) is 5.57 Å². The largest absolute Gasteiger partial charge is 0.478 e. The molecular formula is C15H13N7O2. The molecule has 9 nitrogen and oxygen atoms in total. The summed E-state index contributed by atoms with van der Waals surface area (Å²) in [5.41, 5.74) is 2.29. The summed E-state index contributed by atoms with van der Waals surface area (Å²) in [6.45, 7) is 1.70. The fourth-order valence-electron chi connectivity index (χ4n) is 2.93. The van der Waals surface area contributed by atoms with E-state index in [0.29, 0.717) is 11.6 Å². The van der Waals surface area contributed by atoms with Gasteiger partial charge in [-0.1, -0.05) is 23.3 Å². The maximum atomic E-state index is 11.9. The van der Waals surface area contributed by atoms with Crippen molar-refractivity contribution < 1.29 is 9.90 Å². The van der Waals surface area contributed by atoms with Crippen molar-refractivity contribution >= 4 is 11.9 Å². The van der Waals surface area contributed by atoms with Crippen LogP contribution in [0.4, 0.5) is 5.95 Å². The maximum Gasteiger partial charge on any atom is 0.335 e. The third-order valence-electron chi connectivity index (χ3n) is 3.96. The Hall–Kier alpha value is -3.49. The number of tetrazole rings is 1. The number of nitrogens with one attached hydrogen (secondary N) is 1. The third-order valence-corrected chi connectivity index (χ3v) is 3.96.